The van der Waals surface area contributed by atoms with Gasteiger partial charge < -0.3 is 4.90 Å². The summed E-state index contributed by atoms with van der Waals surface area (Å²) in [7, 11) is 2.28. The predicted octanol–water partition coefficient (Wildman–Crippen LogP) is 2.76. The van der Waals surface area contributed by atoms with Crippen LogP contribution in [-0.2, 0) is 0 Å². The molecule has 0 aromatic rings. The molecule has 0 radical (unpaired) electrons. The zero-order valence-corrected chi connectivity index (χ0v) is 9.22. The minimum atomic E-state index is 0.486. The number of rotatable bonds is 2. The summed E-state index contributed by atoms with van der Waals surface area (Å²) in [5, 5.41) is 0. The first-order chi connectivity index (χ1) is 5.51. The molecule has 0 aromatic carbocycles. The Kier molecular flexibility index (Phi) is 2.82. The first-order valence-electron chi connectivity index (χ1n) is 5.23. The zero-order valence-electron chi connectivity index (χ0n) is 9.22. The first-order valence-corrected chi connectivity index (χ1v) is 5.23. The molecule has 1 saturated heterocycles. The third-order valence-corrected chi connectivity index (χ3v) is 3.78. The Hall–Kier alpha value is -0.0400. The molecule has 1 heteroatoms. The van der Waals surface area contributed by atoms with Crippen LogP contribution >= 0.6 is 0 Å². The van der Waals surface area contributed by atoms with Crippen molar-refractivity contribution >= 4 is 0 Å². The van der Waals surface area contributed by atoms with Gasteiger partial charge in [0.1, 0.15) is 0 Å². The van der Waals surface area contributed by atoms with Crippen LogP contribution in [-0.4, -0.2) is 24.0 Å². The predicted molar refractivity (Wildman–Crippen MR) is 54.3 cm³/mol. The molecule has 0 amide bonds. The largest absolute Gasteiger partial charge is 0.300 e. The van der Waals surface area contributed by atoms with Gasteiger partial charge in [-0.25, -0.2) is 0 Å². The fourth-order valence-electron chi connectivity index (χ4n) is 3.12. The van der Waals surface area contributed by atoms with E-state index in [4.69, 9.17) is 0 Å². The second-order valence-electron chi connectivity index (χ2n) is 4.83. The lowest BCUT2D eigenvalue weighted by atomic mass is 9.75. The van der Waals surface area contributed by atoms with E-state index in [1.165, 1.54) is 19.4 Å². The highest BCUT2D eigenvalue weighted by atomic mass is 15.2. The van der Waals surface area contributed by atoms with Crippen molar-refractivity contribution in [3.8, 4) is 0 Å². The van der Waals surface area contributed by atoms with E-state index in [0.717, 1.165) is 11.8 Å². The first kappa shape index (κ1) is 10.0. The van der Waals surface area contributed by atoms with E-state index in [9.17, 15) is 0 Å². The van der Waals surface area contributed by atoms with Crippen molar-refractivity contribution in [2.24, 2.45) is 11.8 Å². The van der Waals surface area contributed by atoms with Gasteiger partial charge in [0.05, 0.1) is 0 Å². The van der Waals surface area contributed by atoms with Crippen LogP contribution in [0.2, 0.25) is 0 Å². The van der Waals surface area contributed by atoms with Gasteiger partial charge in [0.25, 0.3) is 0 Å². The maximum Gasteiger partial charge on any atom is 0.0252 e. The quantitative estimate of drug-likeness (QED) is 0.614. The van der Waals surface area contributed by atoms with E-state index in [2.05, 4.69) is 39.6 Å². The van der Waals surface area contributed by atoms with Crippen LogP contribution in [0.4, 0.5) is 0 Å². The molecule has 0 saturated carbocycles. The lowest BCUT2D eigenvalue weighted by molar-refractivity contribution is 0.0637. The van der Waals surface area contributed by atoms with Crippen LogP contribution in [0.1, 0.15) is 40.5 Å². The molecule has 0 unspecified atom stereocenters. The van der Waals surface area contributed by atoms with Crippen LogP contribution in [0.5, 0.6) is 0 Å². The summed E-state index contributed by atoms with van der Waals surface area (Å²) in [6.07, 6.45) is 2.77. The van der Waals surface area contributed by atoms with Crippen molar-refractivity contribution in [1.29, 1.82) is 0 Å². The number of likely N-dealkylation sites (tertiary alicyclic amines) is 1. The van der Waals surface area contributed by atoms with Crippen molar-refractivity contribution in [3.63, 3.8) is 0 Å². The lowest BCUT2D eigenvalue weighted by Crippen LogP contribution is -2.50. The third kappa shape index (κ3) is 1.28. The third-order valence-electron chi connectivity index (χ3n) is 3.78. The molecule has 0 spiro atoms. The summed E-state index contributed by atoms with van der Waals surface area (Å²) < 4.78 is 0. The normalized spacial score (nSPS) is 24.2. The summed E-state index contributed by atoms with van der Waals surface area (Å²) in [5.41, 5.74) is 0.486. The van der Waals surface area contributed by atoms with Gasteiger partial charge in [-0.2, -0.15) is 0 Å². The van der Waals surface area contributed by atoms with E-state index in [0.29, 0.717) is 5.54 Å². The average Bonchev–Trinajstić information content (AvgIpc) is 2.31. The van der Waals surface area contributed by atoms with E-state index in [1.807, 2.05) is 0 Å². The Morgan fingerprint density at radius 3 is 1.75 bits per heavy atom. The summed E-state index contributed by atoms with van der Waals surface area (Å²) >= 11 is 0. The molecular formula is C11H23N. The Bertz CT molecular complexity index is 141. The molecular weight excluding hydrogens is 146 g/mol. The van der Waals surface area contributed by atoms with Crippen molar-refractivity contribution in [2.75, 3.05) is 13.6 Å². The molecule has 1 nitrogen and oxygen atoms in total. The van der Waals surface area contributed by atoms with E-state index in [-0.39, 0.29) is 0 Å². The van der Waals surface area contributed by atoms with Gasteiger partial charge in [0.15, 0.2) is 0 Å². The van der Waals surface area contributed by atoms with Gasteiger partial charge in [-0.15, -0.1) is 0 Å². The second-order valence-corrected chi connectivity index (χ2v) is 4.83. The topological polar surface area (TPSA) is 3.24 Å². The van der Waals surface area contributed by atoms with E-state index >= 15 is 0 Å². The molecule has 1 heterocycles. The highest BCUT2D eigenvalue weighted by Gasteiger charge is 2.43. The molecule has 1 rings (SSSR count). The molecule has 0 bridgehead atoms. The van der Waals surface area contributed by atoms with Crippen LogP contribution in [0, 0.1) is 11.8 Å². The average molecular weight is 169 g/mol. The summed E-state index contributed by atoms with van der Waals surface area (Å²) in [5.74, 6) is 1.56. The van der Waals surface area contributed by atoms with Crippen molar-refractivity contribution in [2.45, 2.75) is 46.1 Å². The minimum Gasteiger partial charge on any atom is -0.300 e. The van der Waals surface area contributed by atoms with Crippen LogP contribution in [0.3, 0.4) is 0 Å². The second kappa shape index (κ2) is 3.37. The van der Waals surface area contributed by atoms with Crippen LogP contribution in [0.15, 0.2) is 0 Å². The van der Waals surface area contributed by atoms with Crippen LogP contribution in [0.25, 0.3) is 0 Å². The molecule has 1 fully saturated rings. The standard InChI is InChI=1S/C11H23N/c1-9(2)11(10(3)4)7-6-8-12(11)5/h9-10H,6-8H2,1-5H3. The highest BCUT2D eigenvalue weighted by Crippen LogP contribution is 2.40. The highest BCUT2D eigenvalue weighted by molar-refractivity contribution is 4.98. The van der Waals surface area contributed by atoms with Gasteiger partial charge in [-0.1, -0.05) is 27.7 Å². The smallest absolute Gasteiger partial charge is 0.0252 e. The maximum atomic E-state index is 2.57. The zero-order chi connectivity index (χ0) is 9.35. The lowest BCUT2D eigenvalue weighted by Gasteiger charge is -2.44. The van der Waals surface area contributed by atoms with Crippen molar-refractivity contribution in [3.05, 3.63) is 0 Å². The fourth-order valence-corrected chi connectivity index (χ4v) is 3.12. The monoisotopic (exact) mass is 169 g/mol. The van der Waals surface area contributed by atoms with Gasteiger partial charge >= 0.3 is 0 Å². The van der Waals surface area contributed by atoms with E-state index < -0.39 is 0 Å². The molecule has 1 aliphatic rings. The maximum absolute atomic E-state index is 2.57. The molecule has 0 aliphatic carbocycles. The fraction of sp³-hybridized carbons (Fsp3) is 1.00. The van der Waals surface area contributed by atoms with Gasteiger partial charge in [-0.3, -0.25) is 0 Å². The molecule has 0 atom stereocenters. The molecule has 12 heavy (non-hydrogen) atoms. The van der Waals surface area contributed by atoms with E-state index in [1.54, 1.807) is 0 Å². The molecule has 72 valence electrons. The Morgan fingerprint density at radius 2 is 1.58 bits per heavy atom. The van der Waals surface area contributed by atoms with Crippen molar-refractivity contribution < 1.29 is 0 Å². The summed E-state index contributed by atoms with van der Waals surface area (Å²) in [6, 6.07) is 0. The Balaban J connectivity index is 2.85. The number of nitrogens with zero attached hydrogens (tertiary/aromatic N) is 1. The van der Waals surface area contributed by atoms with Crippen LogP contribution < -0.4 is 0 Å². The molecule has 0 aromatic heterocycles. The summed E-state index contributed by atoms with van der Waals surface area (Å²) in [6.45, 7) is 10.7. The molecule has 1 aliphatic heterocycles. The molecule has 0 N–H and O–H groups in total. The van der Waals surface area contributed by atoms with Gasteiger partial charge in [-0.05, 0) is 38.3 Å². The van der Waals surface area contributed by atoms with Gasteiger partial charge in [0, 0.05) is 5.54 Å². The minimum absolute atomic E-state index is 0.486. The Labute approximate surface area is 77.1 Å². The van der Waals surface area contributed by atoms with Crippen molar-refractivity contribution in [1.82, 2.24) is 4.90 Å². The van der Waals surface area contributed by atoms with Gasteiger partial charge in [0.2, 0.25) is 0 Å². The Morgan fingerprint density at radius 1 is 1.08 bits per heavy atom. The SMILES string of the molecule is CC(C)C1(C(C)C)CCCN1C. The number of hydrogen-bond donors (Lipinski definition) is 0. The summed E-state index contributed by atoms with van der Waals surface area (Å²) in [4.78, 5) is 2.57. The number of hydrogen-bond acceptors (Lipinski definition) is 1.